The fourth-order valence-electron chi connectivity index (χ4n) is 2.85. The molecule has 1 aromatic carbocycles. The normalized spacial score (nSPS) is 13.0. The van der Waals surface area contributed by atoms with Gasteiger partial charge in [0.15, 0.2) is 0 Å². The molecule has 1 fully saturated rings. The Hall–Kier alpha value is -3.48. The molecule has 9 nitrogen and oxygen atoms in total. The van der Waals surface area contributed by atoms with Crippen LogP contribution in [0, 0.1) is 5.82 Å². The van der Waals surface area contributed by atoms with Crippen LogP contribution in [0.3, 0.4) is 0 Å². The third-order valence-electron chi connectivity index (χ3n) is 4.59. The van der Waals surface area contributed by atoms with Crippen molar-refractivity contribution < 1.29 is 32.3 Å². The Morgan fingerprint density at radius 3 is 2.46 bits per heavy atom. The SMILES string of the molecule is CN(C)CC(=O)NCCCNc1nc(Nc2cccc(F)c2)ncc1C1CC1.O=C(O)C(F)(F)F. The van der Waals surface area contributed by atoms with Crippen LogP contribution >= 0.6 is 0 Å². The van der Waals surface area contributed by atoms with Gasteiger partial charge in [0.25, 0.3) is 0 Å². The Morgan fingerprint density at radius 1 is 1.20 bits per heavy atom. The number of amides is 1. The average Bonchev–Trinajstić information content (AvgIpc) is 3.58. The summed E-state index contributed by atoms with van der Waals surface area (Å²) in [4.78, 5) is 31.3. The Balaban J connectivity index is 0.000000540. The predicted molar refractivity (Wildman–Crippen MR) is 122 cm³/mol. The average molecular weight is 500 g/mol. The summed E-state index contributed by atoms with van der Waals surface area (Å²) in [6.45, 7) is 1.69. The van der Waals surface area contributed by atoms with Gasteiger partial charge in [0, 0.05) is 30.5 Å². The number of nitrogens with one attached hydrogen (secondary N) is 3. The van der Waals surface area contributed by atoms with Gasteiger partial charge >= 0.3 is 12.1 Å². The molecule has 0 aliphatic heterocycles. The molecule has 1 amide bonds. The molecule has 1 aromatic heterocycles. The van der Waals surface area contributed by atoms with Crippen molar-refractivity contribution in [1.29, 1.82) is 0 Å². The van der Waals surface area contributed by atoms with Gasteiger partial charge in [0.1, 0.15) is 11.6 Å². The molecule has 0 unspecified atom stereocenters. The summed E-state index contributed by atoms with van der Waals surface area (Å²) in [5.41, 5.74) is 1.72. The number of alkyl halides is 3. The Bertz CT molecular complexity index is 999. The molecular formula is C22H28F4N6O3. The molecule has 0 radical (unpaired) electrons. The number of anilines is 3. The van der Waals surface area contributed by atoms with Gasteiger partial charge < -0.3 is 26.0 Å². The third-order valence-corrected chi connectivity index (χ3v) is 4.59. The van der Waals surface area contributed by atoms with Gasteiger partial charge in [-0.15, -0.1) is 0 Å². The van der Waals surface area contributed by atoms with Gasteiger partial charge in [-0.1, -0.05) is 6.07 Å². The van der Waals surface area contributed by atoms with Gasteiger partial charge in [-0.2, -0.15) is 18.2 Å². The van der Waals surface area contributed by atoms with Gasteiger partial charge in [-0.3, -0.25) is 4.79 Å². The Labute approximate surface area is 199 Å². The summed E-state index contributed by atoms with van der Waals surface area (Å²) in [7, 11) is 3.73. The second kappa shape index (κ2) is 12.8. The Kier molecular flexibility index (Phi) is 10.2. The lowest BCUT2D eigenvalue weighted by Gasteiger charge is -2.13. The van der Waals surface area contributed by atoms with Crippen molar-refractivity contribution in [1.82, 2.24) is 20.2 Å². The van der Waals surface area contributed by atoms with Gasteiger partial charge in [0.2, 0.25) is 11.9 Å². The molecular weight excluding hydrogens is 472 g/mol. The first kappa shape index (κ1) is 27.8. The van der Waals surface area contributed by atoms with E-state index in [4.69, 9.17) is 9.90 Å². The largest absolute Gasteiger partial charge is 0.490 e. The zero-order valence-corrected chi connectivity index (χ0v) is 19.3. The van der Waals surface area contributed by atoms with E-state index in [1.54, 1.807) is 12.1 Å². The second-order valence-electron chi connectivity index (χ2n) is 8.08. The number of benzene rings is 1. The minimum atomic E-state index is -5.08. The van der Waals surface area contributed by atoms with Crippen LogP contribution in [0.2, 0.25) is 0 Å². The van der Waals surface area contributed by atoms with E-state index in [-0.39, 0.29) is 11.7 Å². The fourth-order valence-corrected chi connectivity index (χ4v) is 2.85. The van der Waals surface area contributed by atoms with E-state index in [2.05, 4.69) is 25.9 Å². The van der Waals surface area contributed by atoms with Crippen LogP contribution in [0.5, 0.6) is 0 Å². The first-order chi connectivity index (χ1) is 16.5. The van der Waals surface area contributed by atoms with E-state index in [1.165, 1.54) is 12.1 Å². The van der Waals surface area contributed by atoms with Crippen molar-refractivity contribution in [3.63, 3.8) is 0 Å². The van der Waals surface area contributed by atoms with Crippen LogP contribution in [0.1, 0.15) is 30.7 Å². The molecule has 0 bridgehead atoms. The summed E-state index contributed by atoms with van der Waals surface area (Å²) in [5, 5.41) is 16.4. The lowest BCUT2D eigenvalue weighted by atomic mass is 10.2. The van der Waals surface area contributed by atoms with Crippen LogP contribution < -0.4 is 16.0 Å². The zero-order chi connectivity index (χ0) is 26.0. The Morgan fingerprint density at radius 2 is 1.89 bits per heavy atom. The van der Waals surface area contributed by atoms with E-state index in [1.807, 2.05) is 25.2 Å². The number of aliphatic carboxylic acids is 1. The third kappa shape index (κ3) is 10.5. The smallest absolute Gasteiger partial charge is 0.475 e. The van der Waals surface area contributed by atoms with Gasteiger partial charge in [-0.25, -0.2) is 14.2 Å². The number of hydrogen-bond donors (Lipinski definition) is 4. The van der Waals surface area contributed by atoms with Crippen molar-refractivity contribution in [3.8, 4) is 0 Å². The predicted octanol–water partition coefficient (Wildman–Crippen LogP) is 3.35. The highest BCUT2D eigenvalue weighted by Crippen LogP contribution is 2.42. The summed E-state index contributed by atoms with van der Waals surface area (Å²) in [5.74, 6) is -1.31. The van der Waals surface area contributed by atoms with E-state index < -0.39 is 12.1 Å². The first-order valence-electron chi connectivity index (χ1n) is 10.8. The van der Waals surface area contributed by atoms with Crippen LogP contribution in [0.25, 0.3) is 0 Å². The van der Waals surface area contributed by atoms with E-state index in [9.17, 15) is 22.4 Å². The number of carbonyl (C=O) groups excluding carboxylic acids is 1. The number of carboxylic acids is 1. The monoisotopic (exact) mass is 500 g/mol. The maximum Gasteiger partial charge on any atom is 0.490 e. The molecule has 0 spiro atoms. The molecule has 3 rings (SSSR count). The fraction of sp³-hybridized carbons (Fsp3) is 0.455. The van der Waals surface area contributed by atoms with Crippen LogP contribution in [-0.2, 0) is 9.59 Å². The van der Waals surface area contributed by atoms with Crippen LogP contribution in [0.15, 0.2) is 30.5 Å². The molecule has 35 heavy (non-hydrogen) atoms. The molecule has 0 saturated heterocycles. The first-order valence-corrected chi connectivity index (χ1v) is 10.8. The summed E-state index contributed by atoms with van der Waals surface area (Å²) >= 11 is 0. The highest BCUT2D eigenvalue weighted by atomic mass is 19.4. The van der Waals surface area contributed by atoms with E-state index in [0.717, 1.165) is 30.6 Å². The molecule has 13 heteroatoms. The standard InChI is InChI=1S/C20H27FN6O.C2HF3O2/c1-27(2)13-18(28)22-9-4-10-23-19-17(14-7-8-14)12-24-20(26-19)25-16-6-3-5-15(21)11-16;3-2(4,5)1(6)7/h3,5-6,11-12,14H,4,7-10,13H2,1-2H3,(H,22,28)(H2,23,24,25,26);(H,6,7). The number of rotatable bonds is 10. The minimum Gasteiger partial charge on any atom is -0.475 e. The summed E-state index contributed by atoms with van der Waals surface area (Å²) in [6.07, 6.45) is -0.155. The number of carbonyl (C=O) groups is 2. The summed E-state index contributed by atoms with van der Waals surface area (Å²) < 4.78 is 45.1. The quantitative estimate of drug-likeness (QED) is 0.290. The highest BCUT2D eigenvalue weighted by molar-refractivity contribution is 5.77. The second-order valence-corrected chi connectivity index (χ2v) is 8.08. The van der Waals surface area contributed by atoms with Gasteiger partial charge in [-0.05, 0) is 57.5 Å². The number of carboxylic acid groups (broad SMARTS) is 1. The zero-order valence-electron chi connectivity index (χ0n) is 19.3. The highest BCUT2D eigenvalue weighted by Gasteiger charge is 2.38. The molecule has 1 saturated carbocycles. The van der Waals surface area contributed by atoms with Crippen molar-refractivity contribution in [2.75, 3.05) is 44.4 Å². The molecule has 0 atom stereocenters. The number of hydrogen-bond acceptors (Lipinski definition) is 7. The summed E-state index contributed by atoms with van der Waals surface area (Å²) in [6, 6.07) is 6.21. The molecule has 1 aliphatic carbocycles. The lowest BCUT2D eigenvalue weighted by molar-refractivity contribution is -0.192. The molecule has 1 aliphatic rings. The maximum absolute atomic E-state index is 13.4. The van der Waals surface area contributed by atoms with Crippen molar-refractivity contribution in [3.05, 3.63) is 41.8 Å². The van der Waals surface area contributed by atoms with E-state index in [0.29, 0.717) is 37.2 Å². The van der Waals surface area contributed by atoms with Crippen LogP contribution in [-0.4, -0.2) is 71.8 Å². The number of aromatic nitrogens is 2. The van der Waals surface area contributed by atoms with Gasteiger partial charge in [0.05, 0.1) is 6.54 Å². The van der Waals surface area contributed by atoms with Crippen molar-refractivity contribution in [2.45, 2.75) is 31.4 Å². The van der Waals surface area contributed by atoms with Crippen LogP contribution in [0.4, 0.5) is 35.0 Å². The van der Waals surface area contributed by atoms with E-state index >= 15 is 0 Å². The number of halogens is 4. The minimum absolute atomic E-state index is 0.0206. The molecule has 192 valence electrons. The number of nitrogens with zero attached hydrogens (tertiary/aromatic N) is 3. The molecule has 2 aromatic rings. The lowest BCUT2D eigenvalue weighted by Crippen LogP contribution is -2.34. The van der Waals surface area contributed by atoms with Crippen molar-refractivity contribution in [2.24, 2.45) is 0 Å². The molecule has 4 N–H and O–H groups in total. The topological polar surface area (TPSA) is 119 Å². The van der Waals surface area contributed by atoms with Crippen molar-refractivity contribution >= 4 is 29.3 Å². The number of likely N-dealkylation sites (N-methyl/N-ethyl adjacent to an activating group) is 1. The molecule has 1 heterocycles. The maximum atomic E-state index is 13.4.